The Bertz CT molecular complexity index is 1230. The van der Waals surface area contributed by atoms with Crippen molar-refractivity contribution >= 4 is 35.0 Å². The highest BCUT2D eigenvalue weighted by atomic mass is 35.5. The molecular weight excluding hydrogens is 463 g/mol. The third kappa shape index (κ3) is 4.41. The highest BCUT2D eigenvalue weighted by Crippen LogP contribution is 2.33. The van der Waals surface area contributed by atoms with Gasteiger partial charge in [0, 0.05) is 16.7 Å². The van der Waals surface area contributed by atoms with Gasteiger partial charge < -0.3 is 19.8 Å². The van der Waals surface area contributed by atoms with Gasteiger partial charge in [-0.15, -0.1) is 10.2 Å². The molecule has 0 atom stereocenters. The molecule has 2 N–H and O–H groups in total. The first-order valence-electron chi connectivity index (χ1n) is 8.84. The summed E-state index contributed by atoms with van der Waals surface area (Å²) in [6, 6.07) is 10.4. The van der Waals surface area contributed by atoms with Gasteiger partial charge in [-0.3, -0.25) is 0 Å². The lowest BCUT2D eigenvalue weighted by Gasteiger charge is -2.07. The third-order valence-electron chi connectivity index (χ3n) is 4.28. The summed E-state index contributed by atoms with van der Waals surface area (Å²) in [7, 11) is 3.15. The van der Waals surface area contributed by atoms with Crippen LogP contribution in [0.3, 0.4) is 0 Å². The fraction of sp³-hybridized carbons (Fsp3) is 0.158. The first-order chi connectivity index (χ1) is 15.0. The normalized spacial score (nSPS) is 11.0. The minimum atomic E-state index is 0.337. The highest BCUT2D eigenvalue weighted by molar-refractivity contribution is 7.98. The molecular formula is C19H16Cl2N6O3S. The molecule has 0 fully saturated rings. The van der Waals surface area contributed by atoms with E-state index in [9.17, 15) is 0 Å². The molecule has 0 aliphatic carbocycles. The monoisotopic (exact) mass is 478 g/mol. The van der Waals surface area contributed by atoms with Crippen LogP contribution in [0.15, 0.2) is 46.1 Å². The highest BCUT2D eigenvalue weighted by Gasteiger charge is 2.18. The predicted octanol–water partition coefficient (Wildman–Crippen LogP) is 4.33. The van der Waals surface area contributed by atoms with E-state index < -0.39 is 0 Å². The van der Waals surface area contributed by atoms with E-state index in [-0.39, 0.29) is 0 Å². The summed E-state index contributed by atoms with van der Waals surface area (Å²) in [4.78, 5) is 4.42. The molecule has 0 bridgehead atoms. The van der Waals surface area contributed by atoms with Crippen molar-refractivity contribution in [1.29, 1.82) is 0 Å². The molecule has 0 unspecified atom stereocenters. The Morgan fingerprint density at radius 2 is 1.90 bits per heavy atom. The van der Waals surface area contributed by atoms with Crippen LogP contribution >= 0.6 is 35.0 Å². The second kappa shape index (κ2) is 9.04. The first-order valence-corrected chi connectivity index (χ1v) is 10.6. The Morgan fingerprint density at radius 3 is 2.68 bits per heavy atom. The van der Waals surface area contributed by atoms with Gasteiger partial charge >= 0.3 is 0 Å². The number of hydrogen-bond acceptors (Lipinski definition) is 9. The lowest BCUT2D eigenvalue weighted by molar-refractivity contribution is 0.388. The number of rotatable bonds is 7. The molecule has 31 heavy (non-hydrogen) atoms. The maximum absolute atomic E-state index is 6.24. The quantitative estimate of drug-likeness (QED) is 0.306. The van der Waals surface area contributed by atoms with Crippen LogP contribution in [0, 0.1) is 0 Å². The Balaban J connectivity index is 1.51. The van der Waals surface area contributed by atoms with Gasteiger partial charge in [-0.25, -0.2) is 4.68 Å². The van der Waals surface area contributed by atoms with Crippen LogP contribution in [0.2, 0.25) is 10.0 Å². The molecule has 2 aromatic carbocycles. The van der Waals surface area contributed by atoms with Crippen molar-refractivity contribution in [3.05, 3.63) is 52.3 Å². The summed E-state index contributed by atoms with van der Waals surface area (Å²) in [5.74, 6) is 8.91. The number of nitrogens with zero attached hydrogens (tertiary/aromatic N) is 5. The summed E-state index contributed by atoms with van der Waals surface area (Å²) in [6.45, 7) is 0. The largest absolute Gasteiger partial charge is 0.497 e. The van der Waals surface area contributed by atoms with Crippen LogP contribution in [0.25, 0.3) is 22.8 Å². The standard InChI is InChI=1S/C19H16Cl2N6O3S/c1-28-11-4-5-12(15(8-11)29-2)17-23-16(30-26-17)9-31-19-25-24-18(27(19)22)13-7-10(20)3-6-14(13)21/h3-8H,9,22H2,1-2H3. The average Bonchev–Trinajstić information content (AvgIpc) is 3.40. The second-order valence-corrected chi connectivity index (χ2v) is 7.95. The summed E-state index contributed by atoms with van der Waals surface area (Å²) < 4.78 is 17.3. The van der Waals surface area contributed by atoms with Crippen molar-refractivity contribution in [2.45, 2.75) is 10.9 Å². The Morgan fingerprint density at radius 1 is 1.06 bits per heavy atom. The number of ether oxygens (including phenoxy) is 2. The molecule has 0 radical (unpaired) electrons. The van der Waals surface area contributed by atoms with Crippen LogP contribution in [0.5, 0.6) is 11.5 Å². The molecule has 2 heterocycles. The third-order valence-corrected chi connectivity index (χ3v) is 5.77. The summed E-state index contributed by atoms with van der Waals surface area (Å²) >= 11 is 13.6. The second-order valence-electron chi connectivity index (χ2n) is 6.17. The molecule has 0 aliphatic heterocycles. The zero-order valence-corrected chi connectivity index (χ0v) is 18.7. The van der Waals surface area contributed by atoms with E-state index in [0.717, 1.165) is 0 Å². The lowest BCUT2D eigenvalue weighted by Crippen LogP contribution is -2.11. The molecule has 160 valence electrons. The van der Waals surface area contributed by atoms with Gasteiger partial charge in [0.1, 0.15) is 11.5 Å². The van der Waals surface area contributed by atoms with Gasteiger partial charge in [-0.2, -0.15) is 4.98 Å². The van der Waals surface area contributed by atoms with Gasteiger partial charge in [0.15, 0.2) is 5.82 Å². The number of benzene rings is 2. The molecule has 4 rings (SSSR count). The molecule has 2 aromatic heterocycles. The fourth-order valence-electron chi connectivity index (χ4n) is 2.76. The molecule has 4 aromatic rings. The van der Waals surface area contributed by atoms with Crippen molar-refractivity contribution in [3.8, 4) is 34.3 Å². The molecule has 9 nitrogen and oxygen atoms in total. The van der Waals surface area contributed by atoms with E-state index in [1.807, 2.05) is 0 Å². The number of nitrogen functional groups attached to an aromatic ring is 1. The summed E-state index contributed by atoms with van der Waals surface area (Å²) in [5, 5.41) is 13.7. The molecule has 0 spiro atoms. The smallest absolute Gasteiger partial charge is 0.237 e. The van der Waals surface area contributed by atoms with Crippen molar-refractivity contribution in [2.75, 3.05) is 20.1 Å². The van der Waals surface area contributed by atoms with E-state index in [4.69, 9.17) is 43.0 Å². The number of nitrogens with two attached hydrogens (primary N) is 1. The SMILES string of the molecule is COc1ccc(-c2noc(CSc3nnc(-c4cc(Cl)ccc4Cl)n3N)n2)c(OC)c1. The molecule has 0 saturated carbocycles. The molecule has 0 saturated heterocycles. The van der Waals surface area contributed by atoms with Gasteiger partial charge in [-0.1, -0.05) is 40.1 Å². The molecule has 12 heteroatoms. The first kappa shape index (κ1) is 21.3. The van der Waals surface area contributed by atoms with Crippen LogP contribution < -0.4 is 15.3 Å². The van der Waals surface area contributed by atoms with E-state index in [1.54, 1.807) is 50.6 Å². The van der Waals surface area contributed by atoms with Crippen molar-refractivity contribution in [2.24, 2.45) is 0 Å². The Hall–Kier alpha value is -2.95. The topological polar surface area (TPSA) is 114 Å². The number of hydrogen-bond donors (Lipinski definition) is 1. The maximum Gasteiger partial charge on any atom is 0.237 e. The predicted molar refractivity (Wildman–Crippen MR) is 118 cm³/mol. The number of thioether (sulfide) groups is 1. The summed E-state index contributed by atoms with van der Waals surface area (Å²) in [5.41, 5.74) is 1.27. The van der Waals surface area contributed by atoms with Crippen LogP contribution in [0.4, 0.5) is 0 Å². The van der Waals surface area contributed by atoms with Crippen molar-refractivity contribution in [1.82, 2.24) is 25.0 Å². The average molecular weight is 479 g/mol. The number of aromatic nitrogens is 5. The molecule has 0 aliphatic rings. The van der Waals surface area contributed by atoms with Gasteiger partial charge in [0.05, 0.1) is 30.6 Å². The van der Waals surface area contributed by atoms with Crippen LogP contribution in [0.1, 0.15) is 5.89 Å². The van der Waals surface area contributed by atoms with Gasteiger partial charge in [-0.05, 0) is 30.3 Å². The van der Waals surface area contributed by atoms with Gasteiger partial charge in [0.2, 0.25) is 16.9 Å². The zero-order valence-electron chi connectivity index (χ0n) is 16.4. The Kier molecular flexibility index (Phi) is 6.21. The van der Waals surface area contributed by atoms with Crippen LogP contribution in [-0.4, -0.2) is 39.2 Å². The minimum absolute atomic E-state index is 0.337. The van der Waals surface area contributed by atoms with Crippen molar-refractivity contribution in [3.63, 3.8) is 0 Å². The van der Waals surface area contributed by atoms with E-state index in [1.165, 1.54) is 16.4 Å². The summed E-state index contributed by atoms with van der Waals surface area (Å²) in [6.07, 6.45) is 0. The van der Waals surface area contributed by atoms with Crippen molar-refractivity contribution < 1.29 is 14.0 Å². The number of methoxy groups -OCH3 is 2. The maximum atomic E-state index is 6.24. The van der Waals surface area contributed by atoms with Gasteiger partial charge in [0.25, 0.3) is 0 Å². The van der Waals surface area contributed by atoms with E-state index in [2.05, 4.69) is 20.3 Å². The van der Waals surface area contributed by atoms with E-state index in [0.29, 0.717) is 61.1 Å². The fourth-order valence-corrected chi connectivity index (χ4v) is 3.83. The zero-order chi connectivity index (χ0) is 22.0. The molecule has 0 amide bonds. The number of halogens is 2. The lowest BCUT2D eigenvalue weighted by atomic mass is 10.2. The minimum Gasteiger partial charge on any atom is -0.497 e. The van der Waals surface area contributed by atoms with Crippen LogP contribution in [-0.2, 0) is 5.75 Å². The Labute approximate surface area is 191 Å². The van der Waals surface area contributed by atoms with E-state index >= 15 is 0 Å².